The first-order valence-electron chi connectivity index (χ1n) is 8.47. The maximum Gasteiger partial charge on any atom is 0.255 e. The molecule has 138 valence electrons. The lowest BCUT2D eigenvalue weighted by Gasteiger charge is -2.12. The molecule has 0 atom stereocenters. The molecular weight excluding hydrogens is 362 g/mol. The lowest BCUT2D eigenvalue weighted by molar-refractivity contribution is 0.102. The Labute approximate surface area is 163 Å². The van der Waals surface area contributed by atoms with Crippen molar-refractivity contribution in [3.8, 4) is 5.75 Å². The van der Waals surface area contributed by atoms with Crippen LogP contribution in [0.5, 0.6) is 5.75 Å². The van der Waals surface area contributed by atoms with Crippen molar-refractivity contribution in [1.29, 1.82) is 0 Å². The van der Waals surface area contributed by atoms with Gasteiger partial charge >= 0.3 is 0 Å². The molecule has 5 nitrogen and oxygen atoms in total. The van der Waals surface area contributed by atoms with E-state index < -0.39 is 0 Å². The van der Waals surface area contributed by atoms with Gasteiger partial charge in [-0.15, -0.1) is 0 Å². The molecule has 0 bridgehead atoms. The molecule has 1 amide bonds. The normalized spacial score (nSPS) is 10.3. The molecule has 2 aromatic carbocycles. The molecule has 0 spiro atoms. The summed E-state index contributed by atoms with van der Waals surface area (Å²) in [6, 6.07) is 16.5. The third-order valence-corrected chi connectivity index (χ3v) is 4.60. The maximum atomic E-state index is 12.6. The van der Waals surface area contributed by atoms with E-state index in [4.69, 9.17) is 16.3 Å². The number of carbonyl (C=O) groups excluding carboxylic acids is 1. The number of halogens is 1. The van der Waals surface area contributed by atoms with Crippen LogP contribution in [0, 0.1) is 6.92 Å². The quantitative estimate of drug-likeness (QED) is 0.636. The van der Waals surface area contributed by atoms with Crippen molar-refractivity contribution in [2.24, 2.45) is 0 Å². The molecule has 1 aromatic heterocycles. The summed E-state index contributed by atoms with van der Waals surface area (Å²) in [5.74, 6) is 1.19. The summed E-state index contributed by atoms with van der Waals surface area (Å²) in [4.78, 5) is 16.9. The smallest absolute Gasteiger partial charge is 0.255 e. The first kappa shape index (κ1) is 18.7. The third-order valence-electron chi connectivity index (χ3n) is 4.19. The molecule has 0 fully saturated rings. The minimum absolute atomic E-state index is 0.219. The number of para-hydroxylation sites is 1. The molecule has 6 heteroatoms. The third kappa shape index (κ3) is 4.57. The van der Waals surface area contributed by atoms with E-state index in [0.29, 0.717) is 28.6 Å². The van der Waals surface area contributed by atoms with E-state index in [0.717, 1.165) is 16.9 Å². The Morgan fingerprint density at radius 2 is 1.96 bits per heavy atom. The SMILES string of the molecule is COc1ccccc1CNc1cc(C(=O)Nc2cccc(Cl)c2C)ccn1. The molecule has 0 saturated carbocycles. The number of hydrogen-bond donors (Lipinski definition) is 2. The standard InChI is InChI=1S/C21H20ClN3O2/c1-14-17(22)7-5-8-18(14)25-21(26)15-10-11-23-20(12-15)24-13-16-6-3-4-9-19(16)27-2/h3-12H,13H2,1-2H3,(H,23,24)(H,25,26). The van der Waals surface area contributed by atoms with Gasteiger partial charge in [-0.2, -0.15) is 0 Å². The number of benzene rings is 2. The highest BCUT2D eigenvalue weighted by Gasteiger charge is 2.10. The number of carbonyl (C=O) groups is 1. The van der Waals surface area contributed by atoms with E-state index in [1.807, 2.05) is 37.3 Å². The Morgan fingerprint density at radius 3 is 2.78 bits per heavy atom. The number of nitrogens with one attached hydrogen (secondary N) is 2. The second-order valence-corrected chi connectivity index (χ2v) is 6.37. The molecule has 27 heavy (non-hydrogen) atoms. The topological polar surface area (TPSA) is 63.2 Å². The number of ether oxygens (including phenoxy) is 1. The highest BCUT2D eigenvalue weighted by molar-refractivity contribution is 6.31. The minimum Gasteiger partial charge on any atom is -0.496 e. The van der Waals surface area contributed by atoms with Gasteiger partial charge in [0.15, 0.2) is 0 Å². The molecule has 0 aliphatic carbocycles. The minimum atomic E-state index is -0.219. The van der Waals surface area contributed by atoms with Crippen LogP contribution in [0.25, 0.3) is 0 Å². The molecule has 0 saturated heterocycles. The van der Waals surface area contributed by atoms with Gasteiger partial charge in [0.1, 0.15) is 11.6 Å². The van der Waals surface area contributed by atoms with Crippen LogP contribution in [0.3, 0.4) is 0 Å². The van der Waals surface area contributed by atoms with Gasteiger partial charge in [-0.3, -0.25) is 4.79 Å². The number of pyridine rings is 1. The van der Waals surface area contributed by atoms with Crippen molar-refractivity contribution in [3.05, 3.63) is 82.5 Å². The molecule has 1 heterocycles. The zero-order valence-electron chi connectivity index (χ0n) is 15.1. The van der Waals surface area contributed by atoms with E-state index in [1.54, 1.807) is 37.6 Å². The van der Waals surface area contributed by atoms with Crippen molar-refractivity contribution in [3.63, 3.8) is 0 Å². The highest BCUT2D eigenvalue weighted by atomic mass is 35.5. The van der Waals surface area contributed by atoms with E-state index >= 15 is 0 Å². The molecule has 0 unspecified atom stereocenters. The van der Waals surface area contributed by atoms with Crippen LogP contribution in [-0.4, -0.2) is 18.0 Å². The van der Waals surface area contributed by atoms with Crippen LogP contribution in [0.1, 0.15) is 21.5 Å². The summed E-state index contributed by atoms with van der Waals surface area (Å²) in [5.41, 5.74) is 3.03. The number of anilines is 2. The largest absolute Gasteiger partial charge is 0.496 e. The van der Waals surface area contributed by atoms with Crippen molar-refractivity contribution in [2.75, 3.05) is 17.7 Å². The average Bonchev–Trinajstić information content (AvgIpc) is 2.70. The van der Waals surface area contributed by atoms with E-state index in [1.165, 1.54) is 0 Å². The van der Waals surface area contributed by atoms with Gasteiger partial charge in [-0.25, -0.2) is 4.98 Å². The molecule has 3 rings (SSSR count). The summed E-state index contributed by atoms with van der Waals surface area (Å²) in [5, 5.41) is 6.72. The van der Waals surface area contributed by atoms with Crippen molar-refractivity contribution < 1.29 is 9.53 Å². The van der Waals surface area contributed by atoms with Crippen molar-refractivity contribution >= 4 is 29.0 Å². The van der Waals surface area contributed by atoms with Crippen LogP contribution in [0.15, 0.2) is 60.8 Å². The van der Waals surface area contributed by atoms with Crippen molar-refractivity contribution in [1.82, 2.24) is 4.98 Å². The van der Waals surface area contributed by atoms with Gasteiger partial charge in [0, 0.05) is 34.6 Å². The Hall–Kier alpha value is -3.05. The Bertz CT molecular complexity index is 960. The lowest BCUT2D eigenvalue weighted by atomic mass is 10.1. The number of hydrogen-bond acceptors (Lipinski definition) is 4. The zero-order chi connectivity index (χ0) is 19.2. The first-order valence-corrected chi connectivity index (χ1v) is 8.84. The predicted octanol–water partition coefficient (Wildman–Crippen LogP) is 4.92. The Balaban J connectivity index is 1.71. The van der Waals surface area contributed by atoms with E-state index in [2.05, 4.69) is 15.6 Å². The summed E-state index contributed by atoms with van der Waals surface area (Å²) < 4.78 is 5.35. The lowest BCUT2D eigenvalue weighted by Crippen LogP contribution is -2.13. The molecule has 0 aliphatic rings. The van der Waals surface area contributed by atoms with Crippen LogP contribution in [-0.2, 0) is 6.54 Å². The number of aromatic nitrogens is 1. The van der Waals surface area contributed by atoms with Gasteiger partial charge < -0.3 is 15.4 Å². The number of amides is 1. The second kappa shape index (κ2) is 8.56. The summed E-state index contributed by atoms with van der Waals surface area (Å²) in [6.07, 6.45) is 1.60. The number of methoxy groups -OCH3 is 1. The summed E-state index contributed by atoms with van der Waals surface area (Å²) >= 11 is 6.11. The molecule has 0 aliphatic heterocycles. The summed E-state index contributed by atoms with van der Waals surface area (Å²) in [7, 11) is 1.64. The fraction of sp³-hybridized carbons (Fsp3) is 0.143. The zero-order valence-corrected chi connectivity index (χ0v) is 15.9. The predicted molar refractivity (Wildman–Crippen MR) is 109 cm³/mol. The Morgan fingerprint density at radius 1 is 1.15 bits per heavy atom. The fourth-order valence-electron chi connectivity index (χ4n) is 2.64. The van der Waals surface area contributed by atoms with Gasteiger partial charge in [-0.05, 0) is 42.8 Å². The monoisotopic (exact) mass is 381 g/mol. The highest BCUT2D eigenvalue weighted by Crippen LogP contribution is 2.24. The Kier molecular flexibility index (Phi) is 5.94. The summed E-state index contributed by atoms with van der Waals surface area (Å²) in [6.45, 7) is 2.40. The molecule has 0 radical (unpaired) electrons. The molecule has 2 N–H and O–H groups in total. The van der Waals surface area contributed by atoms with Crippen LogP contribution < -0.4 is 15.4 Å². The van der Waals surface area contributed by atoms with Gasteiger partial charge in [0.25, 0.3) is 5.91 Å². The maximum absolute atomic E-state index is 12.6. The second-order valence-electron chi connectivity index (χ2n) is 5.96. The van der Waals surface area contributed by atoms with Gasteiger partial charge in [-0.1, -0.05) is 35.9 Å². The number of nitrogens with zero attached hydrogens (tertiary/aromatic N) is 1. The fourth-order valence-corrected chi connectivity index (χ4v) is 2.82. The van der Waals surface area contributed by atoms with Crippen LogP contribution >= 0.6 is 11.6 Å². The number of rotatable bonds is 6. The molecular formula is C21H20ClN3O2. The van der Waals surface area contributed by atoms with E-state index in [9.17, 15) is 4.79 Å². The molecule has 3 aromatic rings. The van der Waals surface area contributed by atoms with Gasteiger partial charge in [0.2, 0.25) is 0 Å². The average molecular weight is 382 g/mol. The van der Waals surface area contributed by atoms with Crippen LogP contribution in [0.4, 0.5) is 11.5 Å². The van der Waals surface area contributed by atoms with E-state index in [-0.39, 0.29) is 5.91 Å². The first-order chi connectivity index (χ1) is 13.1. The van der Waals surface area contributed by atoms with Crippen LogP contribution in [0.2, 0.25) is 5.02 Å². The van der Waals surface area contributed by atoms with Crippen molar-refractivity contribution in [2.45, 2.75) is 13.5 Å². The van der Waals surface area contributed by atoms with Gasteiger partial charge in [0.05, 0.1) is 7.11 Å².